The summed E-state index contributed by atoms with van der Waals surface area (Å²) in [5.74, 6) is -0.672. The first kappa shape index (κ1) is 24.9. The van der Waals surface area contributed by atoms with Gasteiger partial charge in [0.1, 0.15) is 10.9 Å². The fourth-order valence-corrected chi connectivity index (χ4v) is 6.60. The third-order valence-corrected chi connectivity index (χ3v) is 8.65. The third kappa shape index (κ3) is 4.69. The number of ketones is 1. The Kier molecular flexibility index (Phi) is 6.69. The Morgan fingerprint density at radius 3 is 2.49 bits per heavy atom. The molecule has 2 unspecified atom stereocenters. The molecule has 5 rings (SSSR count). The Bertz CT molecular complexity index is 1450. The molecule has 2 aliphatic heterocycles. The molecular weight excluding hydrogens is 486 g/mol. The smallest absolute Gasteiger partial charge is 0.266 e. The van der Waals surface area contributed by atoms with Crippen LogP contribution in [-0.2, 0) is 19.6 Å². The van der Waals surface area contributed by atoms with E-state index in [0.717, 1.165) is 21.0 Å². The summed E-state index contributed by atoms with van der Waals surface area (Å²) in [6.07, 6.45) is 5.06. The highest BCUT2D eigenvalue weighted by molar-refractivity contribution is 7.89. The van der Waals surface area contributed by atoms with E-state index in [4.69, 9.17) is 0 Å². The van der Waals surface area contributed by atoms with Gasteiger partial charge in [-0.1, -0.05) is 68.4 Å². The summed E-state index contributed by atoms with van der Waals surface area (Å²) in [6.45, 7) is 4.03. The molecule has 0 N–H and O–H groups in total. The van der Waals surface area contributed by atoms with Crippen LogP contribution in [0.4, 0.5) is 0 Å². The SMILES string of the molecule is CC(C)CC(C(=O)N1CC=C2C1C(=O)CN2S(=O)(=O)c1cccnc1)c1cccc(-c2ccccc2)c1. The summed E-state index contributed by atoms with van der Waals surface area (Å²) in [7, 11) is -3.96. The maximum absolute atomic E-state index is 14.0. The molecule has 0 radical (unpaired) electrons. The van der Waals surface area contributed by atoms with Gasteiger partial charge in [0.15, 0.2) is 5.78 Å². The van der Waals surface area contributed by atoms with Crippen molar-refractivity contribution in [2.45, 2.75) is 37.1 Å². The van der Waals surface area contributed by atoms with Crippen LogP contribution < -0.4 is 0 Å². The van der Waals surface area contributed by atoms with Gasteiger partial charge in [-0.3, -0.25) is 18.9 Å². The van der Waals surface area contributed by atoms with Gasteiger partial charge < -0.3 is 4.90 Å². The fourth-order valence-electron chi connectivity index (χ4n) is 5.15. The monoisotopic (exact) mass is 515 g/mol. The maximum Gasteiger partial charge on any atom is 0.266 e. The Labute approximate surface area is 217 Å². The van der Waals surface area contributed by atoms with E-state index in [9.17, 15) is 18.0 Å². The molecule has 0 spiro atoms. The minimum Gasteiger partial charge on any atom is -0.323 e. The van der Waals surface area contributed by atoms with Crippen molar-refractivity contribution in [3.05, 3.63) is 96.5 Å². The zero-order valence-corrected chi connectivity index (χ0v) is 21.6. The standard InChI is InChI=1S/C29H29N3O4S/c1-20(2)16-25(23-11-6-10-22(17-23)21-8-4-3-5-9-21)29(34)31-15-13-26-28(31)27(33)19-32(26)37(35,36)24-12-7-14-30-18-24/h3-14,17-18,20,25,28H,15-16,19H2,1-2H3. The topological polar surface area (TPSA) is 87.7 Å². The summed E-state index contributed by atoms with van der Waals surface area (Å²) in [5.41, 5.74) is 3.32. The Balaban J connectivity index is 1.44. The van der Waals surface area contributed by atoms with Crippen LogP contribution in [0.1, 0.15) is 31.7 Å². The van der Waals surface area contributed by atoms with Crippen LogP contribution in [0.15, 0.2) is 95.8 Å². The molecule has 7 nitrogen and oxygen atoms in total. The number of pyridine rings is 1. The predicted molar refractivity (Wildman–Crippen MR) is 141 cm³/mol. The van der Waals surface area contributed by atoms with Crippen LogP contribution >= 0.6 is 0 Å². The zero-order chi connectivity index (χ0) is 26.2. The number of carbonyl (C=O) groups excluding carboxylic acids is 2. The molecule has 2 aromatic carbocycles. The Morgan fingerprint density at radius 2 is 1.78 bits per heavy atom. The quantitative estimate of drug-likeness (QED) is 0.470. The summed E-state index contributed by atoms with van der Waals surface area (Å²) in [6, 6.07) is 20.1. The number of fused-ring (bicyclic) bond motifs is 1. The van der Waals surface area contributed by atoms with E-state index < -0.39 is 22.0 Å². The summed E-state index contributed by atoms with van der Waals surface area (Å²) in [4.78, 5) is 32.6. The van der Waals surface area contributed by atoms with Gasteiger partial charge in [0.2, 0.25) is 5.91 Å². The molecule has 1 fully saturated rings. The summed E-state index contributed by atoms with van der Waals surface area (Å²) >= 11 is 0. The largest absolute Gasteiger partial charge is 0.323 e. The second-order valence-electron chi connectivity index (χ2n) is 9.86. The van der Waals surface area contributed by atoms with Crippen molar-refractivity contribution >= 4 is 21.7 Å². The molecule has 0 saturated carbocycles. The number of carbonyl (C=O) groups is 2. The second kappa shape index (κ2) is 9.94. The average molecular weight is 516 g/mol. The van der Waals surface area contributed by atoms with E-state index in [1.165, 1.54) is 18.5 Å². The van der Waals surface area contributed by atoms with Crippen LogP contribution in [0, 0.1) is 5.92 Å². The minimum atomic E-state index is -3.96. The normalized spacial score (nSPS) is 18.2. The molecule has 2 atom stereocenters. The number of rotatable bonds is 7. The van der Waals surface area contributed by atoms with Gasteiger partial charge >= 0.3 is 0 Å². The number of sulfonamides is 1. The number of hydrogen-bond donors (Lipinski definition) is 0. The highest BCUT2D eigenvalue weighted by atomic mass is 32.2. The van der Waals surface area contributed by atoms with Gasteiger partial charge in [-0.25, -0.2) is 8.42 Å². The molecule has 3 aromatic rings. The lowest BCUT2D eigenvalue weighted by Gasteiger charge is -2.29. The van der Waals surface area contributed by atoms with Gasteiger partial charge in [0.05, 0.1) is 18.2 Å². The van der Waals surface area contributed by atoms with Crippen LogP contribution in [0.25, 0.3) is 11.1 Å². The van der Waals surface area contributed by atoms with Crippen molar-refractivity contribution in [3.63, 3.8) is 0 Å². The highest BCUT2D eigenvalue weighted by Crippen LogP contribution is 2.37. The van der Waals surface area contributed by atoms with E-state index in [1.54, 1.807) is 17.0 Å². The van der Waals surface area contributed by atoms with Crippen molar-refractivity contribution in [1.82, 2.24) is 14.2 Å². The van der Waals surface area contributed by atoms with E-state index in [0.29, 0.717) is 12.1 Å². The van der Waals surface area contributed by atoms with Crippen LogP contribution in [0.5, 0.6) is 0 Å². The lowest BCUT2D eigenvalue weighted by atomic mass is 9.87. The second-order valence-corrected chi connectivity index (χ2v) is 11.7. The minimum absolute atomic E-state index is 0.0181. The molecule has 1 amide bonds. The fraction of sp³-hybridized carbons (Fsp3) is 0.276. The summed E-state index contributed by atoms with van der Waals surface area (Å²) < 4.78 is 27.6. The van der Waals surface area contributed by atoms with E-state index in [-0.39, 0.29) is 35.6 Å². The van der Waals surface area contributed by atoms with Crippen molar-refractivity contribution in [3.8, 4) is 11.1 Å². The van der Waals surface area contributed by atoms with Gasteiger partial charge in [0, 0.05) is 18.9 Å². The lowest BCUT2D eigenvalue weighted by molar-refractivity contribution is -0.137. The molecule has 1 aromatic heterocycles. The highest BCUT2D eigenvalue weighted by Gasteiger charge is 2.49. The van der Waals surface area contributed by atoms with Crippen molar-refractivity contribution in [1.29, 1.82) is 0 Å². The molecule has 2 aliphatic rings. The number of benzene rings is 2. The average Bonchev–Trinajstić information content (AvgIpc) is 3.49. The third-order valence-electron chi connectivity index (χ3n) is 6.89. The number of nitrogens with zero attached hydrogens (tertiary/aromatic N) is 3. The number of amides is 1. The maximum atomic E-state index is 14.0. The zero-order valence-electron chi connectivity index (χ0n) is 20.8. The first-order valence-electron chi connectivity index (χ1n) is 12.4. The number of Topliss-reactive ketones (excluding diaryl/α,β-unsaturated/α-hetero) is 1. The van der Waals surface area contributed by atoms with Gasteiger partial charge in [-0.2, -0.15) is 0 Å². The number of hydrogen-bond acceptors (Lipinski definition) is 5. The van der Waals surface area contributed by atoms with Crippen LogP contribution in [-0.4, -0.2) is 53.4 Å². The van der Waals surface area contributed by atoms with Crippen molar-refractivity contribution in [2.24, 2.45) is 5.92 Å². The lowest BCUT2D eigenvalue weighted by Crippen LogP contribution is -2.43. The van der Waals surface area contributed by atoms with E-state index >= 15 is 0 Å². The first-order valence-corrected chi connectivity index (χ1v) is 13.8. The molecule has 37 heavy (non-hydrogen) atoms. The van der Waals surface area contributed by atoms with Crippen LogP contribution in [0.3, 0.4) is 0 Å². The van der Waals surface area contributed by atoms with E-state index in [1.807, 2.05) is 54.6 Å². The van der Waals surface area contributed by atoms with E-state index in [2.05, 4.69) is 18.8 Å². The summed E-state index contributed by atoms with van der Waals surface area (Å²) in [5, 5.41) is 0. The van der Waals surface area contributed by atoms with Gasteiger partial charge in [0.25, 0.3) is 10.0 Å². The molecule has 1 saturated heterocycles. The van der Waals surface area contributed by atoms with Gasteiger partial charge in [-0.15, -0.1) is 0 Å². The van der Waals surface area contributed by atoms with Crippen LogP contribution in [0.2, 0.25) is 0 Å². The van der Waals surface area contributed by atoms with Crippen molar-refractivity contribution < 1.29 is 18.0 Å². The van der Waals surface area contributed by atoms with Gasteiger partial charge in [-0.05, 0) is 47.2 Å². The first-order chi connectivity index (χ1) is 17.8. The molecular formula is C29H29N3O4S. The molecule has 0 bridgehead atoms. The molecule has 190 valence electrons. The predicted octanol–water partition coefficient (Wildman–Crippen LogP) is 4.25. The molecule has 0 aliphatic carbocycles. The Hall–Kier alpha value is -3.78. The Morgan fingerprint density at radius 1 is 1.03 bits per heavy atom. The number of aromatic nitrogens is 1. The molecule has 8 heteroatoms. The van der Waals surface area contributed by atoms with Crippen molar-refractivity contribution in [2.75, 3.05) is 13.1 Å². The molecule has 3 heterocycles.